The highest BCUT2D eigenvalue weighted by Crippen LogP contribution is 2.39. The second-order valence-electron chi connectivity index (χ2n) is 5.78. The molecule has 0 radical (unpaired) electrons. The van der Waals surface area contributed by atoms with Gasteiger partial charge in [0.15, 0.2) is 11.5 Å². The summed E-state index contributed by atoms with van der Waals surface area (Å²) >= 11 is 9.96. The lowest BCUT2D eigenvalue weighted by Crippen LogP contribution is -2.22. The third kappa shape index (κ3) is 4.87. The Hall–Kier alpha value is -2.03. The van der Waals surface area contributed by atoms with Crippen LogP contribution in [0.15, 0.2) is 51.8 Å². The monoisotopic (exact) mass is 479 g/mol. The zero-order valence-electron chi connectivity index (χ0n) is 15.3. The lowest BCUT2D eigenvalue weighted by molar-refractivity contribution is -0.121. The molecule has 0 bridgehead atoms. The van der Waals surface area contributed by atoms with E-state index < -0.39 is 0 Å². The summed E-state index contributed by atoms with van der Waals surface area (Å²) in [5.74, 6) is 1.83. The van der Waals surface area contributed by atoms with E-state index in [2.05, 4.69) is 15.9 Å². The quantitative estimate of drug-likeness (QED) is 0.324. The molecule has 146 valence electrons. The van der Waals surface area contributed by atoms with Crippen LogP contribution in [0.1, 0.15) is 5.56 Å². The van der Waals surface area contributed by atoms with Crippen LogP contribution in [0.2, 0.25) is 0 Å². The van der Waals surface area contributed by atoms with Crippen molar-refractivity contribution in [2.24, 2.45) is 0 Å². The largest absolute Gasteiger partial charge is 0.493 e. The van der Waals surface area contributed by atoms with E-state index in [1.165, 1.54) is 16.7 Å². The maximum Gasteiger partial charge on any atom is 0.265 e. The Balaban J connectivity index is 1.69. The highest BCUT2D eigenvalue weighted by molar-refractivity contribution is 9.10. The Morgan fingerprint density at radius 2 is 1.89 bits per heavy atom. The van der Waals surface area contributed by atoms with E-state index in [1.807, 2.05) is 42.5 Å². The van der Waals surface area contributed by atoms with Crippen LogP contribution in [0.5, 0.6) is 17.2 Å². The van der Waals surface area contributed by atoms with Gasteiger partial charge in [0.1, 0.15) is 23.3 Å². The third-order valence-electron chi connectivity index (χ3n) is 3.88. The minimum atomic E-state index is -0.108. The summed E-state index contributed by atoms with van der Waals surface area (Å²) in [4.78, 5) is 14.2. The van der Waals surface area contributed by atoms with Crippen molar-refractivity contribution in [2.75, 3.05) is 27.4 Å². The Kier molecular flexibility index (Phi) is 6.98. The maximum atomic E-state index is 12.2. The van der Waals surface area contributed by atoms with Crippen molar-refractivity contribution in [1.82, 2.24) is 4.90 Å². The molecule has 2 aromatic rings. The van der Waals surface area contributed by atoms with Gasteiger partial charge in [0.05, 0.1) is 16.5 Å². The summed E-state index contributed by atoms with van der Waals surface area (Å²) in [5, 5.41) is 0. The molecule has 0 aromatic heterocycles. The number of benzene rings is 2. The van der Waals surface area contributed by atoms with Crippen LogP contribution < -0.4 is 14.2 Å². The molecule has 3 rings (SSSR count). The van der Waals surface area contributed by atoms with E-state index >= 15 is 0 Å². The van der Waals surface area contributed by atoms with Crippen molar-refractivity contribution in [2.45, 2.75) is 0 Å². The minimum Gasteiger partial charge on any atom is -0.493 e. The first-order valence-corrected chi connectivity index (χ1v) is 10.4. The van der Waals surface area contributed by atoms with Crippen LogP contribution in [-0.4, -0.2) is 42.5 Å². The first kappa shape index (κ1) is 20.7. The number of hydrogen-bond donors (Lipinski definition) is 0. The molecule has 1 saturated heterocycles. The Morgan fingerprint density at radius 3 is 2.54 bits per heavy atom. The first-order chi connectivity index (χ1) is 13.5. The summed E-state index contributed by atoms with van der Waals surface area (Å²) in [6.07, 6.45) is 1.79. The molecule has 1 fully saturated rings. The Bertz CT molecular complexity index is 918. The van der Waals surface area contributed by atoms with E-state index in [9.17, 15) is 4.79 Å². The topological polar surface area (TPSA) is 48.0 Å². The molecule has 1 heterocycles. The van der Waals surface area contributed by atoms with Gasteiger partial charge in [0.25, 0.3) is 5.91 Å². The van der Waals surface area contributed by atoms with Crippen molar-refractivity contribution in [3.63, 3.8) is 0 Å². The zero-order chi connectivity index (χ0) is 20.1. The number of nitrogens with zero attached hydrogens (tertiary/aromatic N) is 1. The lowest BCUT2D eigenvalue weighted by atomic mass is 10.2. The number of para-hydroxylation sites is 1. The van der Waals surface area contributed by atoms with Gasteiger partial charge in [-0.05, 0) is 51.8 Å². The average molecular weight is 480 g/mol. The molecule has 0 saturated carbocycles. The number of carbonyl (C=O) groups is 1. The molecule has 0 spiro atoms. The molecule has 8 heteroatoms. The fourth-order valence-corrected chi connectivity index (χ4v) is 4.23. The van der Waals surface area contributed by atoms with Gasteiger partial charge in [-0.3, -0.25) is 9.69 Å². The number of likely N-dealkylation sites (N-methyl/N-ethyl adjacent to an activating group) is 1. The molecular formula is C20H18BrNO4S2. The van der Waals surface area contributed by atoms with Crippen molar-refractivity contribution in [3.05, 3.63) is 57.4 Å². The van der Waals surface area contributed by atoms with E-state index in [0.717, 1.165) is 15.8 Å². The standard InChI is InChI=1S/C20H18BrNO4S2/c1-22-19(23)17(28-20(22)27)12-13-10-15(21)18(16(11-13)24-2)26-9-8-25-14-6-4-3-5-7-14/h3-7,10-12H,8-9H2,1-2H3. The van der Waals surface area contributed by atoms with E-state index in [1.54, 1.807) is 20.2 Å². The van der Waals surface area contributed by atoms with Gasteiger partial charge in [0.2, 0.25) is 0 Å². The first-order valence-electron chi connectivity index (χ1n) is 8.39. The molecule has 0 atom stereocenters. The summed E-state index contributed by atoms with van der Waals surface area (Å²) in [6, 6.07) is 13.3. The number of thiocarbonyl (C=S) groups is 1. The highest BCUT2D eigenvalue weighted by Gasteiger charge is 2.28. The Morgan fingerprint density at radius 1 is 1.18 bits per heavy atom. The van der Waals surface area contributed by atoms with E-state index in [4.69, 9.17) is 26.4 Å². The number of thioether (sulfide) groups is 1. The fourth-order valence-electron chi connectivity index (χ4n) is 2.48. The third-order valence-corrected chi connectivity index (χ3v) is 5.95. The average Bonchev–Trinajstić information content (AvgIpc) is 2.93. The molecule has 0 N–H and O–H groups in total. The minimum absolute atomic E-state index is 0.108. The lowest BCUT2D eigenvalue weighted by Gasteiger charge is -2.14. The van der Waals surface area contributed by atoms with Crippen LogP contribution in [0.3, 0.4) is 0 Å². The molecule has 1 aliphatic heterocycles. The maximum absolute atomic E-state index is 12.2. The van der Waals surface area contributed by atoms with E-state index in [-0.39, 0.29) is 5.91 Å². The predicted molar refractivity (Wildman–Crippen MR) is 119 cm³/mol. The predicted octanol–water partition coefficient (Wildman–Crippen LogP) is 4.75. The number of hydrogen-bond acceptors (Lipinski definition) is 6. The number of amides is 1. The van der Waals surface area contributed by atoms with Gasteiger partial charge in [-0.25, -0.2) is 0 Å². The van der Waals surface area contributed by atoms with Crippen LogP contribution in [0, 0.1) is 0 Å². The summed E-state index contributed by atoms with van der Waals surface area (Å²) in [6.45, 7) is 0.762. The van der Waals surface area contributed by atoms with Gasteiger partial charge in [-0.15, -0.1) is 0 Å². The van der Waals surface area contributed by atoms with Crippen LogP contribution >= 0.6 is 39.9 Å². The summed E-state index contributed by atoms with van der Waals surface area (Å²) in [5.41, 5.74) is 0.811. The molecule has 2 aromatic carbocycles. The van der Waals surface area contributed by atoms with Gasteiger partial charge < -0.3 is 14.2 Å². The van der Waals surface area contributed by atoms with Crippen molar-refractivity contribution >= 4 is 56.2 Å². The van der Waals surface area contributed by atoms with E-state index in [0.29, 0.717) is 33.9 Å². The molecular weight excluding hydrogens is 462 g/mol. The van der Waals surface area contributed by atoms with Crippen molar-refractivity contribution in [1.29, 1.82) is 0 Å². The zero-order valence-corrected chi connectivity index (χ0v) is 18.5. The van der Waals surface area contributed by atoms with Crippen molar-refractivity contribution in [3.8, 4) is 17.2 Å². The number of carbonyl (C=O) groups excluding carboxylic acids is 1. The molecule has 28 heavy (non-hydrogen) atoms. The van der Waals surface area contributed by atoms with Crippen LogP contribution in [-0.2, 0) is 4.79 Å². The number of rotatable bonds is 7. The summed E-state index contributed by atoms with van der Waals surface area (Å²) in [7, 11) is 3.24. The number of methoxy groups -OCH3 is 1. The highest BCUT2D eigenvalue weighted by atomic mass is 79.9. The van der Waals surface area contributed by atoms with Crippen LogP contribution in [0.25, 0.3) is 6.08 Å². The second-order valence-corrected chi connectivity index (χ2v) is 8.31. The van der Waals surface area contributed by atoms with Crippen molar-refractivity contribution < 1.29 is 19.0 Å². The fraction of sp³-hybridized carbons (Fsp3) is 0.200. The van der Waals surface area contributed by atoms with Gasteiger partial charge >= 0.3 is 0 Å². The van der Waals surface area contributed by atoms with Gasteiger partial charge in [0, 0.05) is 7.05 Å². The second kappa shape index (κ2) is 9.45. The van der Waals surface area contributed by atoms with Gasteiger partial charge in [-0.1, -0.05) is 42.2 Å². The molecule has 5 nitrogen and oxygen atoms in total. The molecule has 1 aliphatic rings. The SMILES string of the molecule is COc1cc(C=C2SC(=S)N(C)C2=O)cc(Br)c1OCCOc1ccccc1. The number of ether oxygens (including phenoxy) is 3. The molecule has 1 amide bonds. The number of halogens is 1. The molecule has 0 aliphatic carbocycles. The Labute approximate surface area is 181 Å². The normalized spacial score (nSPS) is 15.2. The molecule has 0 unspecified atom stereocenters. The van der Waals surface area contributed by atoms with Gasteiger partial charge in [-0.2, -0.15) is 0 Å². The summed E-state index contributed by atoms with van der Waals surface area (Å²) < 4.78 is 18.2. The van der Waals surface area contributed by atoms with Crippen LogP contribution in [0.4, 0.5) is 0 Å². The smallest absolute Gasteiger partial charge is 0.265 e.